The van der Waals surface area contributed by atoms with Crippen LogP contribution in [0.5, 0.6) is 0 Å². The molecular weight excluding hydrogens is 276 g/mol. The van der Waals surface area contributed by atoms with Gasteiger partial charge in [0.1, 0.15) is 0 Å². The van der Waals surface area contributed by atoms with Crippen LogP contribution in [0.4, 0.5) is 0 Å². The van der Waals surface area contributed by atoms with Crippen LogP contribution in [0.1, 0.15) is 5.56 Å². The Morgan fingerprint density at radius 1 is 0.952 bits per heavy atom. The van der Waals surface area contributed by atoms with E-state index in [1.807, 2.05) is 24.0 Å². The molecule has 0 fully saturated rings. The fourth-order valence-corrected chi connectivity index (χ4v) is 3.63. The van der Waals surface area contributed by atoms with Crippen molar-refractivity contribution in [3.63, 3.8) is 0 Å². The molecule has 4 rings (SSSR count). The number of hydrogen-bond donors (Lipinski definition) is 1. The summed E-state index contributed by atoms with van der Waals surface area (Å²) >= 11 is 1.84. The molecule has 2 nitrogen and oxygen atoms in total. The van der Waals surface area contributed by atoms with Crippen LogP contribution in [0.3, 0.4) is 0 Å². The first kappa shape index (κ1) is 12.5. The van der Waals surface area contributed by atoms with Gasteiger partial charge in [0.15, 0.2) is 0 Å². The van der Waals surface area contributed by atoms with Gasteiger partial charge in [-0.1, -0.05) is 36.4 Å². The Bertz CT molecular complexity index is 906. The maximum atomic E-state index is 4.51. The van der Waals surface area contributed by atoms with Gasteiger partial charge >= 0.3 is 0 Å². The average molecular weight is 290 g/mol. The molecule has 2 heterocycles. The Morgan fingerprint density at radius 3 is 2.86 bits per heavy atom. The van der Waals surface area contributed by atoms with E-state index in [0.29, 0.717) is 0 Å². The highest BCUT2D eigenvalue weighted by Gasteiger charge is 2.06. The van der Waals surface area contributed by atoms with Gasteiger partial charge in [-0.05, 0) is 23.8 Å². The Balaban J connectivity index is 1.67. The number of aromatic amines is 1. The second-order valence-corrected chi connectivity index (χ2v) is 6.00. The van der Waals surface area contributed by atoms with E-state index in [1.54, 1.807) is 0 Å². The maximum Gasteiger partial charge on any atom is 0.0837 e. The molecule has 0 amide bonds. The molecule has 2 aromatic heterocycles. The summed E-state index contributed by atoms with van der Waals surface area (Å²) in [7, 11) is 0. The molecule has 3 heteroatoms. The summed E-state index contributed by atoms with van der Waals surface area (Å²) in [5, 5.41) is 2.50. The largest absolute Gasteiger partial charge is 0.361 e. The molecular formula is C18H14N2S. The van der Waals surface area contributed by atoms with Crippen LogP contribution < -0.4 is 0 Å². The van der Waals surface area contributed by atoms with Gasteiger partial charge in [-0.2, -0.15) is 0 Å². The number of aromatic nitrogens is 2. The molecule has 0 saturated carbocycles. The van der Waals surface area contributed by atoms with Gasteiger partial charge in [0.2, 0.25) is 0 Å². The van der Waals surface area contributed by atoms with Gasteiger partial charge in [-0.3, -0.25) is 4.98 Å². The predicted molar refractivity (Wildman–Crippen MR) is 89.6 cm³/mol. The second kappa shape index (κ2) is 5.26. The Morgan fingerprint density at radius 2 is 1.86 bits per heavy atom. The number of fused-ring (bicyclic) bond motifs is 2. The zero-order chi connectivity index (χ0) is 14.1. The van der Waals surface area contributed by atoms with E-state index in [4.69, 9.17) is 0 Å². The van der Waals surface area contributed by atoms with Gasteiger partial charge in [-0.25, -0.2) is 0 Å². The minimum atomic E-state index is 0.944. The number of pyridine rings is 1. The van der Waals surface area contributed by atoms with E-state index >= 15 is 0 Å². The monoisotopic (exact) mass is 290 g/mol. The third-order valence-corrected chi connectivity index (χ3v) is 4.75. The molecule has 0 aliphatic heterocycles. The van der Waals surface area contributed by atoms with Crippen molar-refractivity contribution < 1.29 is 0 Å². The lowest BCUT2D eigenvalue weighted by atomic mass is 10.2. The normalized spacial score (nSPS) is 11.2. The summed E-state index contributed by atoms with van der Waals surface area (Å²) in [4.78, 5) is 9.08. The first-order valence-electron chi connectivity index (χ1n) is 6.93. The number of hydrogen-bond acceptors (Lipinski definition) is 2. The van der Waals surface area contributed by atoms with Crippen LogP contribution in [0.25, 0.3) is 21.8 Å². The van der Waals surface area contributed by atoms with Crippen molar-refractivity contribution in [2.75, 3.05) is 0 Å². The maximum absolute atomic E-state index is 4.51. The Kier molecular flexibility index (Phi) is 3.13. The third kappa shape index (κ3) is 2.30. The average Bonchev–Trinajstić information content (AvgIpc) is 2.96. The molecule has 0 aliphatic rings. The summed E-state index contributed by atoms with van der Waals surface area (Å²) in [5.41, 5.74) is 3.62. The lowest BCUT2D eigenvalue weighted by Gasteiger charge is -2.05. The molecule has 0 aliphatic carbocycles. The quantitative estimate of drug-likeness (QED) is 0.537. The van der Waals surface area contributed by atoms with E-state index in [-0.39, 0.29) is 0 Å². The van der Waals surface area contributed by atoms with Gasteiger partial charge in [0.05, 0.1) is 5.52 Å². The van der Waals surface area contributed by atoms with Crippen molar-refractivity contribution >= 4 is 33.6 Å². The first-order valence-corrected chi connectivity index (χ1v) is 7.92. The summed E-state index contributed by atoms with van der Waals surface area (Å²) < 4.78 is 0. The SMILES string of the molecule is c1cnc2c(SCc3c[nH]c4ccccc34)cccc2c1. The predicted octanol–water partition coefficient (Wildman–Crippen LogP) is 5.01. The molecule has 0 spiro atoms. The van der Waals surface area contributed by atoms with Gasteiger partial charge in [0.25, 0.3) is 0 Å². The summed E-state index contributed by atoms with van der Waals surface area (Å²) in [5.74, 6) is 0.944. The number of nitrogens with one attached hydrogen (secondary N) is 1. The van der Waals surface area contributed by atoms with E-state index < -0.39 is 0 Å². The highest BCUT2D eigenvalue weighted by molar-refractivity contribution is 7.98. The molecule has 0 atom stereocenters. The van der Waals surface area contributed by atoms with Crippen LogP contribution in [0.15, 0.2) is 71.9 Å². The fraction of sp³-hybridized carbons (Fsp3) is 0.0556. The number of thioether (sulfide) groups is 1. The van der Waals surface area contributed by atoms with E-state index in [2.05, 4.69) is 64.7 Å². The first-order chi connectivity index (χ1) is 10.4. The van der Waals surface area contributed by atoms with Crippen molar-refractivity contribution in [3.05, 3.63) is 72.6 Å². The topological polar surface area (TPSA) is 28.7 Å². The summed E-state index contributed by atoms with van der Waals surface area (Å²) in [6, 6.07) is 18.9. The van der Waals surface area contributed by atoms with Gasteiger partial charge < -0.3 is 4.98 Å². The zero-order valence-electron chi connectivity index (χ0n) is 11.4. The van der Waals surface area contributed by atoms with Crippen molar-refractivity contribution in [1.29, 1.82) is 0 Å². The van der Waals surface area contributed by atoms with Crippen LogP contribution in [0.2, 0.25) is 0 Å². The lowest BCUT2D eigenvalue weighted by molar-refractivity contribution is 1.34. The molecule has 2 aromatic carbocycles. The van der Waals surface area contributed by atoms with Crippen molar-refractivity contribution in [2.45, 2.75) is 10.6 Å². The molecule has 0 saturated heterocycles. The van der Waals surface area contributed by atoms with Gasteiger partial charge in [-0.15, -0.1) is 11.8 Å². The lowest BCUT2D eigenvalue weighted by Crippen LogP contribution is -1.83. The Labute approximate surface area is 127 Å². The van der Waals surface area contributed by atoms with Crippen LogP contribution >= 0.6 is 11.8 Å². The number of benzene rings is 2. The standard InChI is InChI=1S/C18H14N2S/c1-2-8-16-15(7-1)14(11-20-16)12-21-17-9-3-5-13-6-4-10-19-18(13)17/h1-11,20H,12H2. The molecule has 0 unspecified atom stereocenters. The molecule has 1 N–H and O–H groups in total. The minimum Gasteiger partial charge on any atom is -0.361 e. The Hall–Kier alpha value is -2.26. The van der Waals surface area contributed by atoms with E-state index in [1.165, 1.54) is 26.7 Å². The molecule has 4 aromatic rings. The highest BCUT2D eigenvalue weighted by Crippen LogP contribution is 2.31. The van der Waals surface area contributed by atoms with Crippen molar-refractivity contribution in [2.24, 2.45) is 0 Å². The second-order valence-electron chi connectivity index (χ2n) is 4.98. The number of para-hydroxylation sites is 2. The molecule has 102 valence electrons. The van der Waals surface area contributed by atoms with E-state index in [9.17, 15) is 0 Å². The molecule has 0 bridgehead atoms. The number of H-pyrrole nitrogens is 1. The summed E-state index contributed by atoms with van der Waals surface area (Å²) in [6.07, 6.45) is 3.97. The molecule has 0 radical (unpaired) electrons. The molecule has 21 heavy (non-hydrogen) atoms. The van der Waals surface area contributed by atoms with Crippen LogP contribution in [0, 0.1) is 0 Å². The number of rotatable bonds is 3. The smallest absolute Gasteiger partial charge is 0.0837 e. The zero-order valence-corrected chi connectivity index (χ0v) is 12.2. The van der Waals surface area contributed by atoms with E-state index in [0.717, 1.165) is 11.3 Å². The van der Waals surface area contributed by atoms with Crippen LogP contribution in [-0.2, 0) is 5.75 Å². The third-order valence-electron chi connectivity index (χ3n) is 3.65. The highest BCUT2D eigenvalue weighted by atomic mass is 32.2. The summed E-state index contributed by atoms with van der Waals surface area (Å²) in [6.45, 7) is 0. The van der Waals surface area contributed by atoms with Gasteiger partial charge in [0, 0.05) is 39.3 Å². The van der Waals surface area contributed by atoms with Crippen molar-refractivity contribution in [1.82, 2.24) is 9.97 Å². The minimum absolute atomic E-state index is 0.944. The number of nitrogens with zero attached hydrogens (tertiary/aromatic N) is 1. The van der Waals surface area contributed by atoms with Crippen molar-refractivity contribution in [3.8, 4) is 0 Å². The fourth-order valence-electron chi connectivity index (χ4n) is 2.60. The van der Waals surface area contributed by atoms with Crippen LogP contribution in [-0.4, -0.2) is 9.97 Å².